The number of hydrogen-bond acceptors (Lipinski definition) is 3. The van der Waals surface area contributed by atoms with Gasteiger partial charge >= 0.3 is 0 Å². The zero-order valence-electron chi connectivity index (χ0n) is 11.5. The molecule has 0 radical (unpaired) electrons. The van der Waals surface area contributed by atoms with E-state index in [1.54, 1.807) is 6.07 Å². The summed E-state index contributed by atoms with van der Waals surface area (Å²) in [7, 11) is 0. The van der Waals surface area contributed by atoms with Crippen molar-refractivity contribution in [2.24, 2.45) is 5.73 Å². The Bertz CT molecular complexity index is 524. The van der Waals surface area contributed by atoms with Crippen molar-refractivity contribution in [3.05, 3.63) is 27.2 Å². The van der Waals surface area contributed by atoms with E-state index in [1.165, 1.54) is 12.5 Å². The Balaban J connectivity index is 2.00. The molecule has 4 nitrogen and oxygen atoms in total. The van der Waals surface area contributed by atoms with Gasteiger partial charge in [-0.3, -0.25) is 9.69 Å². The lowest BCUT2D eigenvalue weighted by molar-refractivity contribution is -0.118. The topological polar surface area (TPSA) is 58.4 Å². The third kappa shape index (κ3) is 4.47. The number of nitrogens with zero attached hydrogens (tertiary/aromatic N) is 1. The largest absolute Gasteiger partial charge is 0.329 e. The molecule has 1 atom stereocenters. The first-order valence-corrected chi connectivity index (χ1v) is 8.03. The monoisotopic (exact) mass is 349 g/mol. The second-order valence-corrected chi connectivity index (χ2v) is 6.37. The van der Waals surface area contributed by atoms with Crippen molar-refractivity contribution >= 4 is 46.4 Å². The van der Waals surface area contributed by atoms with Crippen LogP contribution in [0.15, 0.2) is 12.1 Å². The first kappa shape index (κ1) is 16.8. The van der Waals surface area contributed by atoms with Crippen molar-refractivity contribution in [3.8, 4) is 0 Å². The summed E-state index contributed by atoms with van der Waals surface area (Å²) in [6.45, 7) is 1.77. The van der Waals surface area contributed by atoms with E-state index in [1.807, 2.05) is 0 Å². The molecule has 1 unspecified atom stereocenters. The highest BCUT2D eigenvalue weighted by Crippen LogP contribution is 2.32. The number of carbonyl (C=O) groups excluding carboxylic acids is 1. The molecular weight excluding hydrogens is 333 g/mol. The lowest BCUT2D eigenvalue weighted by Gasteiger charge is -2.34. The number of nitrogens with one attached hydrogen (secondary N) is 1. The third-order valence-corrected chi connectivity index (χ3v) is 4.69. The van der Waals surface area contributed by atoms with Gasteiger partial charge in [0.2, 0.25) is 5.91 Å². The molecule has 1 heterocycles. The molecule has 1 amide bonds. The van der Waals surface area contributed by atoms with E-state index in [0.717, 1.165) is 19.4 Å². The smallest absolute Gasteiger partial charge is 0.238 e. The molecule has 0 aromatic heterocycles. The van der Waals surface area contributed by atoms with Crippen LogP contribution >= 0.6 is 34.8 Å². The Morgan fingerprint density at radius 2 is 1.95 bits per heavy atom. The maximum absolute atomic E-state index is 12.2. The maximum Gasteiger partial charge on any atom is 0.238 e. The molecular formula is C14H18Cl3N3O. The molecule has 0 spiro atoms. The standard InChI is InChI=1S/C14H18Cl3N3O/c15-10-5-12(17)13(6-11(10)16)19-14(21)8-20-4-2-1-3-9(20)7-18/h5-6,9H,1-4,7-8,18H2,(H,19,21). The van der Waals surface area contributed by atoms with Crippen molar-refractivity contribution < 1.29 is 4.79 Å². The fourth-order valence-corrected chi connectivity index (χ4v) is 3.12. The Kier molecular flexibility index (Phi) is 6.14. The quantitative estimate of drug-likeness (QED) is 0.818. The van der Waals surface area contributed by atoms with Crippen molar-refractivity contribution in [2.75, 3.05) is 25.0 Å². The number of benzene rings is 1. The second-order valence-electron chi connectivity index (χ2n) is 5.15. The predicted octanol–water partition coefficient (Wildman–Crippen LogP) is 3.40. The SMILES string of the molecule is NCC1CCCCN1CC(=O)Nc1cc(Cl)c(Cl)cc1Cl. The van der Waals surface area contributed by atoms with E-state index in [2.05, 4.69) is 10.2 Å². The van der Waals surface area contributed by atoms with Crippen LogP contribution in [-0.4, -0.2) is 36.5 Å². The van der Waals surface area contributed by atoms with Crippen LogP contribution in [0.3, 0.4) is 0 Å². The van der Waals surface area contributed by atoms with E-state index in [-0.39, 0.29) is 11.9 Å². The van der Waals surface area contributed by atoms with Gasteiger partial charge in [-0.15, -0.1) is 0 Å². The van der Waals surface area contributed by atoms with E-state index in [9.17, 15) is 4.79 Å². The number of likely N-dealkylation sites (tertiary alicyclic amines) is 1. The highest BCUT2D eigenvalue weighted by atomic mass is 35.5. The number of piperidine rings is 1. The molecule has 0 aliphatic carbocycles. The lowest BCUT2D eigenvalue weighted by atomic mass is 10.0. The van der Waals surface area contributed by atoms with Crippen LogP contribution in [0.4, 0.5) is 5.69 Å². The molecule has 1 aromatic carbocycles. The van der Waals surface area contributed by atoms with Gasteiger partial charge in [-0.25, -0.2) is 0 Å². The minimum absolute atomic E-state index is 0.129. The molecule has 0 saturated carbocycles. The van der Waals surface area contributed by atoms with E-state index < -0.39 is 0 Å². The van der Waals surface area contributed by atoms with E-state index >= 15 is 0 Å². The highest BCUT2D eigenvalue weighted by molar-refractivity contribution is 6.44. The van der Waals surface area contributed by atoms with Gasteiger partial charge in [-0.05, 0) is 31.5 Å². The summed E-state index contributed by atoms with van der Waals surface area (Å²) in [4.78, 5) is 14.3. The molecule has 1 aliphatic rings. The fourth-order valence-electron chi connectivity index (χ4n) is 2.53. The summed E-state index contributed by atoms with van der Waals surface area (Å²) in [5.74, 6) is -0.129. The second kappa shape index (κ2) is 7.65. The van der Waals surface area contributed by atoms with Gasteiger partial charge in [0.1, 0.15) is 0 Å². The molecule has 1 saturated heterocycles. The van der Waals surface area contributed by atoms with Gasteiger partial charge in [0.05, 0.1) is 27.3 Å². The van der Waals surface area contributed by atoms with Crippen LogP contribution in [0.25, 0.3) is 0 Å². The fraction of sp³-hybridized carbons (Fsp3) is 0.500. The summed E-state index contributed by atoms with van der Waals surface area (Å²) < 4.78 is 0. The number of anilines is 1. The van der Waals surface area contributed by atoms with Crippen LogP contribution < -0.4 is 11.1 Å². The number of halogens is 3. The van der Waals surface area contributed by atoms with Crippen molar-refractivity contribution in [2.45, 2.75) is 25.3 Å². The third-order valence-electron chi connectivity index (χ3n) is 3.65. The molecule has 1 aliphatic heterocycles. The Morgan fingerprint density at radius 1 is 1.24 bits per heavy atom. The zero-order chi connectivity index (χ0) is 15.4. The van der Waals surface area contributed by atoms with Gasteiger partial charge in [0.15, 0.2) is 0 Å². The summed E-state index contributed by atoms with van der Waals surface area (Å²) in [5.41, 5.74) is 6.23. The highest BCUT2D eigenvalue weighted by Gasteiger charge is 2.23. The number of carbonyl (C=O) groups is 1. The van der Waals surface area contributed by atoms with Crippen LogP contribution in [0, 0.1) is 0 Å². The zero-order valence-corrected chi connectivity index (χ0v) is 13.8. The van der Waals surface area contributed by atoms with Crippen LogP contribution in [0.2, 0.25) is 15.1 Å². The lowest BCUT2D eigenvalue weighted by Crippen LogP contribution is -2.47. The summed E-state index contributed by atoms with van der Waals surface area (Å²) in [6.07, 6.45) is 3.30. The number of amides is 1. The van der Waals surface area contributed by atoms with Crippen LogP contribution in [0.1, 0.15) is 19.3 Å². The molecule has 1 fully saturated rings. The summed E-state index contributed by atoms with van der Waals surface area (Å²) in [5, 5.41) is 3.86. The van der Waals surface area contributed by atoms with Gasteiger partial charge < -0.3 is 11.1 Å². The Morgan fingerprint density at radius 3 is 2.67 bits per heavy atom. The predicted molar refractivity (Wildman–Crippen MR) is 88.4 cm³/mol. The molecule has 1 aromatic rings. The molecule has 116 valence electrons. The normalized spacial score (nSPS) is 19.5. The number of hydrogen-bond donors (Lipinski definition) is 2. The first-order valence-electron chi connectivity index (χ1n) is 6.89. The molecule has 0 bridgehead atoms. The van der Waals surface area contributed by atoms with Crippen molar-refractivity contribution in [1.29, 1.82) is 0 Å². The van der Waals surface area contributed by atoms with Crippen LogP contribution in [0.5, 0.6) is 0 Å². The van der Waals surface area contributed by atoms with Gasteiger partial charge in [-0.2, -0.15) is 0 Å². The van der Waals surface area contributed by atoms with Crippen molar-refractivity contribution in [3.63, 3.8) is 0 Å². The van der Waals surface area contributed by atoms with Gasteiger partial charge in [-0.1, -0.05) is 41.2 Å². The molecule has 7 heteroatoms. The summed E-state index contributed by atoms with van der Waals surface area (Å²) in [6, 6.07) is 3.35. The van der Waals surface area contributed by atoms with E-state index in [4.69, 9.17) is 40.5 Å². The average Bonchev–Trinajstić information content (AvgIpc) is 2.45. The van der Waals surface area contributed by atoms with Crippen molar-refractivity contribution in [1.82, 2.24) is 4.90 Å². The van der Waals surface area contributed by atoms with Crippen LogP contribution in [-0.2, 0) is 4.79 Å². The number of rotatable bonds is 4. The average molecular weight is 351 g/mol. The maximum atomic E-state index is 12.2. The number of nitrogens with two attached hydrogens (primary N) is 1. The molecule has 3 N–H and O–H groups in total. The minimum Gasteiger partial charge on any atom is -0.329 e. The Labute approximate surface area is 139 Å². The van der Waals surface area contributed by atoms with Gasteiger partial charge in [0.25, 0.3) is 0 Å². The first-order chi connectivity index (χ1) is 10.0. The van der Waals surface area contributed by atoms with E-state index in [0.29, 0.717) is 33.8 Å². The Hall–Kier alpha value is -0.520. The molecule has 21 heavy (non-hydrogen) atoms. The molecule has 2 rings (SSSR count). The minimum atomic E-state index is -0.129. The summed E-state index contributed by atoms with van der Waals surface area (Å²) >= 11 is 17.9. The van der Waals surface area contributed by atoms with Gasteiger partial charge in [0, 0.05) is 12.6 Å².